The summed E-state index contributed by atoms with van der Waals surface area (Å²) >= 11 is 4.81. The average Bonchev–Trinajstić information content (AvgIpc) is 2.94. The minimum atomic E-state index is -0.107. The van der Waals surface area contributed by atoms with Gasteiger partial charge in [-0.25, -0.2) is 0 Å². The van der Waals surface area contributed by atoms with Crippen LogP contribution < -0.4 is 14.8 Å². The Morgan fingerprint density at radius 3 is 2.77 bits per heavy atom. The summed E-state index contributed by atoms with van der Waals surface area (Å²) < 4.78 is 14.2. The number of aromatic nitrogens is 3. The predicted molar refractivity (Wildman–Crippen MR) is 120 cm³/mol. The molecule has 0 atom stereocenters. The number of nitrogens with zero attached hydrogens (tertiary/aromatic N) is 3. The van der Waals surface area contributed by atoms with Crippen LogP contribution in [0.4, 0.5) is 5.69 Å². The van der Waals surface area contributed by atoms with Crippen LogP contribution in [0.15, 0.2) is 46.0 Å². The van der Waals surface area contributed by atoms with E-state index in [2.05, 4.69) is 31.4 Å². The van der Waals surface area contributed by atoms with E-state index in [4.69, 9.17) is 9.47 Å². The van der Waals surface area contributed by atoms with Crippen LogP contribution in [-0.2, 0) is 11.8 Å². The lowest BCUT2D eigenvalue weighted by Crippen LogP contribution is -2.14. The fourth-order valence-electron chi connectivity index (χ4n) is 3.03. The zero-order chi connectivity index (χ0) is 21.1. The van der Waals surface area contributed by atoms with Crippen LogP contribution in [0.2, 0.25) is 0 Å². The highest BCUT2D eigenvalue weighted by molar-refractivity contribution is 9.10. The number of rotatable bonds is 5. The summed E-state index contributed by atoms with van der Waals surface area (Å²) in [4.78, 5) is 12.4. The summed E-state index contributed by atoms with van der Waals surface area (Å²) in [5.74, 6) is 2.28. The van der Waals surface area contributed by atoms with Crippen molar-refractivity contribution in [2.24, 2.45) is 7.05 Å². The Labute approximate surface area is 187 Å². The molecule has 0 saturated heterocycles. The molecule has 1 aliphatic rings. The lowest BCUT2D eigenvalue weighted by atomic mass is 10.2. The molecule has 0 unspecified atom stereocenters. The number of fused-ring (bicyclic) bond motifs is 1. The smallest absolute Gasteiger partial charge is 0.234 e. The van der Waals surface area contributed by atoms with Gasteiger partial charge in [0.2, 0.25) is 5.91 Å². The summed E-state index contributed by atoms with van der Waals surface area (Å²) in [6, 6.07) is 11.6. The molecule has 0 bridgehead atoms. The molecule has 30 heavy (non-hydrogen) atoms. The summed E-state index contributed by atoms with van der Waals surface area (Å²) in [5.41, 5.74) is 2.75. The molecule has 0 saturated carbocycles. The standard InChI is InChI=1S/C21H21BrN4O3S/c1-13-4-6-16(15(22)10-13)23-19(27)12-30-21-25-24-20(26(21)2)14-5-7-17-18(11-14)29-9-3-8-28-17/h4-7,10-11H,3,8-9,12H2,1-2H3,(H,23,27). The molecule has 1 aliphatic heterocycles. The second kappa shape index (κ2) is 9.09. The van der Waals surface area contributed by atoms with Crippen LogP contribution in [-0.4, -0.2) is 39.6 Å². The maximum Gasteiger partial charge on any atom is 0.234 e. The van der Waals surface area contributed by atoms with E-state index in [0.29, 0.717) is 29.9 Å². The third-order valence-electron chi connectivity index (χ3n) is 4.57. The lowest BCUT2D eigenvalue weighted by Gasteiger charge is -2.10. The van der Waals surface area contributed by atoms with Gasteiger partial charge in [0.15, 0.2) is 22.5 Å². The van der Waals surface area contributed by atoms with Crippen molar-refractivity contribution in [2.45, 2.75) is 18.5 Å². The van der Waals surface area contributed by atoms with E-state index in [9.17, 15) is 4.79 Å². The molecule has 1 N–H and O–H groups in total. The summed E-state index contributed by atoms with van der Waals surface area (Å²) in [6.45, 7) is 3.28. The molecule has 3 aromatic rings. The first-order valence-corrected chi connectivity index (χ1v) is 11.3. The van der Waals surface area contributed by atoms with Gasteiger partial charge >= 0.3 is 0 Å². The van der Waals surface area contributed by atoms with Gasteiger partial charge in [0.05, 0.1) is 24.7 Å². The monoisotopic (exact) mass is 488 g/mol. The minimum absolute atomic E-state index is 0.107. The Balaban J connectivity index is 1.43. The molecule has 0 aliphatic carbocycles. The summed E-state index contributed by atoms with van der Waals surface area (Å²) in [6.07, 6.45) is 0.857. The number of hydrogen-bond acceptors (Lipinski definition) is 6. The second-order valence-electron chi connectivity index (χ2n) is 6.90. The fourth-order valence-corrected chi connectivity index (χ4v) is 4.34. The molecular weight excluding hydrogens is 468 g/mol. The number of carbonyl (C=O) groups excluding carboxylic acids is 1. The SMILES string of the molecule is Cc1ccc(NC(=O)CSc2nnc(-c3ccc4c(c3)OCCCO4)n2C)c(Br)c1. The van der Waals surface area contributed by atoms with Crippen LogP contribution in [0.25, 0.3) is 11.4 Å². The van der Waals surface area contributed by atoms with Crippen LogP contribution >= 0.6 is 27.7 Å². The Hall–Kier alpha value is -2.52. The van der Waals surface area contributed by atoms with Crippen LogP contribution in [0, 0.1) is 6.92 Å². The number of aryl methyl sites for hydroxylation is 1. The van der Waals surface area contributed by atoms with Gasteiger partial charge in [-0.2, -0.15) is 0 Å². The number of halogens is 1. The minimum Gasteiger partial charge on any atom is -0.490 e. The number of nitrogens with one attached hydrogen (secondary N) is 1. The Morgan fingerprint density at radius 1 is 1.17 bits per heavy atom. The highest BCUT2D eigenvalue weighted by Gasteiger charge is 2.17. The van der Waals surface area contributed by atoms with E-state index < -0.39 is 0 Å². The topological polar surface area (TPSA) is 78.3 Å². The van der Waals surface area contributed by atoms with Gasteiger partial charge in [0.25, 0.3) is 0 Å². The number of anilines is 1. The maximum absolute atomic E-state index is 12.4. The van der Waals surface area contributed by atoms with Crippen LogP contribution in [0.3, 0.4) is 0 Å². The molecule has 156 valence electrons. The highest BCUT2D eigenvalue weighted by Crippen LogP contribution is 2.34. The van der Waals surface area contributed by atoms with Gasteiger partial charge < -0.3 is 19.4 Å². The van der Waals surface area contributed by atoms with Crippen LogP contribution in [0.5, 0.6) is 11.5 Å². The highest BCUT2D eigenvalue weighted by atomic mass is 79.9. The first kappa shape index (κ1) is 20.7. The first-order valence-electron chi connectivity index (χ1n) is 9.49. The van der Waals surface area contributed by atoms with Crippen molar-refractivity contribution in [3.05, 3.63) is 46.4 Å². The van der Waals surface area contributed by atoms with E-state index in [0.717, 1.165) is 33.5 Å². The van der Waals surface area contributed by atoms with E-state index in [1.54, 1.807) is 0 Å². The molecule has 0 radical (unpaired) electrons. The molecule has 0 spiro atoms. The van der Waals surface area contributed by atoms with Crippen molar-refractivity contribution in [3.8, 4) is 22.9 Å². The third kappa shape index (κ3) is 4.62. The second-order valence-corrected chi connectivity index (χ2v) is 8.69. The Kier molecular flexibility index (Phi) is 6.29. The Bertz CT molecular complexity index is 1090. The van der Waals surface area contributed by atoms with Gasteiger partial charge in [-0.05, 0) is 58.7 Å². The van der Waals surface area contributed by atoms with Crippen molar-refractivity contribution in [3.63, 3.8) is 0 Å². The summed E-state index contributed by atoms with van der Waals surface area (Å²) in [5, 5.41) is 12.1. The average molecular weight is 489 g/mol. The number of amides is 1. The van der Waals surface area contributed by atoms with Gasteiger partial charge in [0.1, 0.15) is 0 Å². The molecule has 7 nitrogen and oxygen atoms in total. The normalized spacial score (nSPS) is 13.0. The van der Waals surface area contributed by atoms with Crippen molar-refractivity contribution >= 4 is 39.3 Å². The quantitative estimate of drug-likeness (QED) is 0.534. The van der Waals surface area contributed by atoms with E-state index >= 15 is 0 Å². The van der Waals surface area contributed by atoms with Crippen LogP contribution in [0.1, 0.15) is 12.0 Å². The molecule has 2 heterocycles. The van der Waals surface area contributed by atoms with Gasteiger partial charge in [-0.3, -0.25) is 4.79 Å². The molecule has 0 fully saturated rings. The van der Waals surface area contributed by atoms with E-state index in [1.807, 2.05) is 54.9 Å². The van der Waals surface area contributed by atoms with Gasteiger partial charge in [-0.1, -0.05) is 17.8 Å². The van der Waals surface area contributed by atoms with E-state index in [-0.39, 0.29) is 11.7 Å². The van der Waals surface area contributed by atoms with Gasteiger partial charge in [0, 0.05) is 23.5 Å². The first-order chi connectivity index (χ1) is 14.5. The molecule has 9 heteroatoms. The molecule has 2 aromatic carbocycles. The number of benzene rings is 2. The number of carbonyl (C=O) groups is 1. The van der Waals surface area contributed by atoms with E-state index in [1.165, 1.54) is 11.8 Å². The predicted octanol–water partition coefficient (Wildman–Crippen LogP) is 4.45. The molecular formula is C21H21BrN4O3S. The maximum atomic E-state index is 12.4. The van der Waals surface area contributed by atoms with Crippen molar-refractivity contribution < 1.29 is 14.3 Å². The van der Waals surface area contributed by atoms with Crippen molar-refractivity contribution in [2.75, 3.05) is 24.3 Å². The largest absolute Gasteiger partial charge is 0.490 e. The van der Waals surface area contributed by atoms with Crippen molar-refractivity contribution in [1.82, 2.24) is 14.8 Å². The number of thioether (sulfide) groups is 1. The van der Waals surface area contributed by atoms with Gasteiger partial charge in [-0.15, -0.1) is 10.2 Å². The summed E-state index contributed by atoms with van der Waals surface area (Å²) in [7, 11) is 1.88. The zero-order valence-electron chi connectivity index (χ0n) is 16.6. The molecule has 1 amide bonds. The lowest BCUT2D eigenvalue weighted by molar-refractivity contribution is -0.113. The van der Waals surface area contributed by atoms with Crippen molar-refractivity contribution in [1.29, 1.82) is 0 Å². The molecule has 1 aromatic heterocycles. The Morgan fingerprint density at radius 2 is 1.97 bits per heavy atom. The number of hydrogen-bond donors (Lipinski definition) is 1. The third-order valence-corrected chi connectivity index (χ3v) is 6.25. The molecule has 4 rings (SSSR count). The zero-order valence-corrected chi connectivity index (χ0v) is 19.0. The fraction of sp³-hybridized carbons (Fsp3) is 0.286. The number of ether oxygens (including phenoxy) is 2.